The minimum Gasteiger partial charge on any atom is -0.313 e. The minimum absolute atomic E-state index is 0.177. The highest BCUT2D eigenvalue weighted by atomic mass is 32.2. The third-order valence-corrected chi connectivity index (χ3v) is 4.17. The predicted molar refractivity (Wildman–Crippen MR) is 59.8 cm³/mol. The van der Waals surface area contributed by atoms with Crippen molar-refractivity contribution in [1.29, 1.82) is 0 Å². The van der Waals surface area contributed by atoms with Gasteiger partial charge in [0, 0.05) is 26.7 Å². The lowest BCUT2D eigenvalue weighted by atomic mass is 10.2. The summed E-state index contributed by atoms with van der Waals surface area (Å²) in [6.45, 7) is 4.73. The van der Waals surface area contributed by atoms with Crippen LogP contribution in [0.4, 0.5) is 0 Å². The third-order valence-electron chi connectivity index (χ3n) is 2.33. The van der Waals surface area contributed by atoms with Crippen LogP contribution in [0.25, 0.3) is 0 Å². The molecule has 5 heteroatoms. The molecule has 0 atom stereocenters. The molecule has 0 rings (SSSR count). The predicted octanol–water partition coefficient (Wildman–Crippen LogP) is 0.656. The molecule has 0 aromatic carbocycles. The monoisotopic (exact) mass is 222 g/mol. The van der Waals surface area contributed by atoms with Gasteiger partial charge in [-0.25, -0.2) is 12.7 Å². The van der Waals surface area contributed by atoms with Crippen LogP contribution in [0.3, 0.4) is 0 Å². The Kier molecular flexibility index (Phi) is 6.31. The Labute approximate surface area is 87.7 Å². The van der Waals surface area contributed by atoms with Crippen molar-refractivity contribution in [2.45, 2.75) is 32.7 Å². The van der Waals surface area contributed by atoms with Crippen LogP contribution in [0.1, 0.15) is 26.7 Å². The molecule has 0 unspecified atom stereocenters. The van der Waals surface area contributed by atoms with Gasteiger partial charge in [-0.1, -0.05) is 13.8 Å². The van der Waals surface area contributed by atoms with Crippen molar-refractivity contribution in [3.05, 3.63) is 0 Å². The molecule has 0 aromatic rings. The molecule has 86 valence electrons. The number of hydrogen-bond donors (Lipinski definition) is 1. The van der Waals surface area contributed by atoms with Crippen molar-refractivity contribution in [3.63, 3.8) is 0 Å². The first kappa shape index (κ1) is 13.9. The summed E-state index contributed by atoms with van der Waals surface area (Å²) in [4.78, 5) is 0. The van der Waals surface area contributed by atoms with Crippen molar-refractivity contribution in [2.24, 2.45) is 0 Å². The van der Waals surface area contributed by atoms with Gasteiger partial charge >= 0.3 is 0 Å². The van der Waals surface area contributed by atoms with E-state index < -0.39 is 10.0 Å². The van der Waals surface area contributed by atoms with Gasteiger partial charge in [0.05, 0.1) is 5.75 Å². The van der Waals surface area contributed by atoms with Crippen LogP contribution in [0.5, 0.6) is 0 Å². The Balaban J connectivity index is 3.85. The molecular weight excluding hydrogens is 200 g/mol. The average molecular weight is 222 g/mol. The summed E-state index contributed by atoms with van der Waals surface area (Å²) < 4.78 is 24.0. The molecule has 4 nitrogen and oxygen atoms in total. The second kappa shape index (κ2) is 6.37. The van der Waals surface area contributed by atoms with Crippen LogP contribution >= 0.6 is 0 Å². The Morgan fingerprint density at radius 3 is 2.07 bits per heavy atom. The largest absolute Gasteiger partial charge is 0.313 e. The van der Waals surface area contributed by atoms with Crippen LogP contribution in [0.2, 0.25) is 0 Å². The summed E-state index contributed by atoms with van der Waals surface area (Å²) in [6, 6.07) is 0.437. The SMILES string of the molecule is CCC(CC)NCCS(=O)(=O)N(C)C. The summed E-state index contributed by atoms with van der Waals surface area (Å²) in [5.41, 5.74) is 0. The maximum absolute atomic E-state index is 11.4. The van der Waals surface area contributed by atoms with E-state index in [2.05, 4.69) is 19.2 Å². The summed E-state index contributed by atoms with van der Waals surface area (Å²) in [6.07, 6.45) is 2.08. The van der Waals surface area contributed by atoms with Gasteiger partial charge in [-0.05, 0) is 12.8 Å². The van der Waals surface area contributed by atoms with Crippen molar-refractivity contribution in [3.8, 4) is 0 Å². The van der Waals surface area contributed by atoms with E-state index >= 15 is 0 Å². The Hall–Kier alpha value is -0.130. The maximum Gasteiger partial charge on any atom is 0.214 e. The molecule has 0 heterocycles. The average Bonchev–Trinajstić information content (AvgIpc) is 2.12. The van der Waals surface area contributed by atoms with E-state index in [-0.39, 0.29) is 5.75 Å². The zero-order chi connectivity index (χ0) is 11.2. The Morgan fingerprint density at radius 1 is 1.21 bits per heavy atom. The number of rotatable bonds is 7. The van der Waals surface area contributed by atoms with Crippen molar-refractivity contribution >= 4 is 10.0 Å². The maximum atomic E-state index is 11.4. The molecule has 0 aromatic heterocycles. The lowest BCUT2D eigenvalue weighted by molar-refractivity contribution is 0.485. The summed E-state index contributed by atoms with van der Waals surface area (Å²) in [5.74, 6) is 0.177. The third kappa shape index (κ3) is 4.93. The molecule has 0 aliphatic heterocycles. The molecule has 1 N–H and O–H groups in total. The van der Waals surface area contributed by atoms with E-state index in [9.17, 15) is 8.42 Å². The van der Waals surface area contributed by atoms with E-state index in [0.717, 1.165) is 12.8 Å². The molecular formula is C9H22N2O2S. The second-order valence-corrected chi connectivity index (χ2v) is 5.87. The quantitative estimate of drug-likeness (QED) is 0.688. The molecule has 0 radical (unpaired) electrons. The Morgan fingerprint density at radius 2 is 1.71 bits per heavy atom. The summed E-state index contributed by atoms with van der Waals surface area (Å²) in [7, 11) is 0.0845. The molecule has 0 saturated carbocycles. The van der Waals surface area contributed by atoms with Crippen LogP contribution in [-0.2, 0) is 10.0 Å². The first-order valence-corrected chi connectivity index (χ1v) is 6.68. The molecule has 0 fully saturated rings. The molecule has 14 heavy (non-hydrogen) atoms. The normalized spacial score (nSPS) is 12.7. The van der Waals surface area contributed by atoms with Crippen LogP contribution in [-0.4, -0.2) is 45.2 Å². The minimum atomic E-state index is -3.04. The topological polar surface area (TPSA) is 49.4 Å². The number of nitrogens with zero attached hydrogens (tertiary/aromatic N) is 1. The van der Waals surface area contributed by atoms with Gasteiger partial charge in [0.2, 0.25) is 10.0 Å². The molecule has 0 bridgehead atoms. The van der Waals surface area contributed by atoms with E-state index in [1.54, 1.807) is 14.1 Å². The zero-order valence-electron chi connectivity index (χ0n) is 9.58. The van der Waals surface area contributed by atoms with Gasteiger partial charge < -0.3 is 5.32 Å². The van der Waals surface area contributed by atoms with Crippen LogP contribution in [0.15, 0.2) is 0 Å². The molecule has 0 spiro atoms. The van der Waals surface area contributed by atoms with Gasteiger partial charge in [-0.15, -0.1) is 0 Å². The summed E-state index contributed by atoms with van der Waals surface area (Å²) in [5, 5.41) is 3.22. The highest BCUT2D eigenvalue weighted by Gasteiger charge is 2.13. The Bertz CT molecular complexity index is 233. The number of hydrogen-bond acceptors (Lipinski definition) is 3. The van der Waals surface area contributed by atoms with E-state index in [1.807, 2.05) is 0 Å². The molecule has 0 aliphatic rings. The zero-order valence-corrected chi connectivity index (χ0v) is 10.4. The van der Waals surface area contributed by atoms with Gasteiger partial charge in [-0.2, -0.15) is 0 Å². The van der Waals surface area contributed by atoms with Crippen molar-refractivity contribution in [2.75, 3.05) is 26.4 Å². The number of nitrogens with one attached hydrogen (secondary N) is 1. The first-order valence-electron chi connectivity index (χ1n) is 5.07. The van der Waals surface area contributed by atoms with Gasteiger partial charge in [-0.3, -0.25) is 0 Å². The highest BCUT2D eigenvalue weighted by molar-refractivity contribution is 7.89. The van der Waals surface area contributed by atoms with E-state index in [1.165, 1.54) is 4.31 Å². The molecule has 0 amide bonds. The van der Waals surface area contributed by atoms with E-state index in [4.69, 9.17) is 0 Å². The van der Waals surface area contributed by atoms with E-state index in [0.29, 0.717) is 12.6 Å². The van der Waals surface area contributed by atoms with Gasteiger partial charge in [0.15, 0.2) is 0 Å². The highest BCUT2D eigenvalue weighted by Crippen LogP contribution is 1.97. The van der Waals surface area contributed by atoms with Crippen LogP contribution in [0, 0.1) is 0 Å². The summed E-state index contributed by atoms with van der Waals surface area (Å²) >= 11 is 0. The van der Waals surface area contributed by atoms with Crippen LogP contribution < -0.4 is 5.32 Å². The van der Waals surface area contributed by atoms with Gasteiger partial charge in [0.1, 0.15) is 0 Å². The first-order chi connectivity index (χ1) is 6.44. The fourth-order valence-corrected chi connectivity index (χ4v) is 1.89. The smallest absolute Gasteiger partial charge is 0.214 e. The number of sulfonamides is 1. The second-order valence-electron chi connectivity index (χ2n) is 3.57. The molecule has 0 aliphatic carbocycles. The van der Waals surface area contributed by atoms with Crippen molar-refractivity contribution < 1.29 is 8.42 Å². The fourth-order valence-electron chi connectivity index (χ4n) is 1.15. The lowest BCUT2D eigenvalue weighted by Crippen LogP contribution is -2.35. The standard InChI is InChI=1S/C9H22N2O2S/c1-5-9(6-2)10-7-8-14(12,13)11(3)4/h9-10H,5-8H2,1-4H3. The van der Waals surface area contributed by atoms with Crippen molar-refractivity contribution in [1.82, 2.24) is 9.62 Å². The fraction of sp³-hybridized carbons (Fsp3) is 1.00. The molecule has 0 saturated heterocycles. The lowest BCUT2D eigenvalue weighted by Gasteiger charge is -2.16. The van der Waals surface area contributed by atoms with Gasteiger partial charge in [0.25, 0.3) is 0 Å².